The minimum atomic E-state index is -1.29. The van der Waals surface area contributed by atoms with Gasteiger partial charge in [0.1, 0.15) is 0 Å². The highest BCUT2D eigenvalue weighted by Crippen LogP contribution is 2.07. The van der Waals surface area contributed by atoms with E-state index >= 15 is 0 Å². The van der Waals surface area contributed by atoms with E-state index in [2.05, 4.69) is 0 Å². The van der Waals surface area contributed by atoms with Crippen LogP contribution in [0.15, 0.2) is 0 Å². The molecule has 1 aliphatic heterocycles. The van der Waals surface area contributed by atoms with Crippen LogP contribution in [-0.4, -0.2) is 116 Å². The van der Waals surface area contributed by atoms with Crippen molar-refractivity contribution in [3.05, 3.63) is 0 Å². The number of nitrogens with zero attached hydrogens (tertiary/aromatic N) is 4. The smallest absolute Gasteiger partial charge is 0.407 e. The molecule has 1 saturated heterocycles. The van der Waals surface area contributed by atoms with Crippen molar-refractivity contribution in [3.8, 4) is 0 Å². The minimum Gasteiger partial charge on any atom is -0.465 e. The summed E-state index contributed by atoms with van der Waals surface area (Å²) in [4.78, 5) is 49.0. The number of hydrogen-bond acceptors (Lipinski definition) is 4. The van der Waals surface area contributed by atoms with Crippen LogP contribution in [0.3, 0.4) is 0 Å². The van der Waals surface area contributed by atoms with Crippen molar-refractivity contribution < 1.29 is 39.6 Å². The molecule has 12 heteroatoms. The fraction of sp³-hybridized carbons (Fsp3) is 0.692. The number of hydrogen-bond donors (Lipinski definition) is 4. The molecule has 0 aromatic heterocycles. The molecule has 0 radical (unpaired) electrons. The number of carbonyl (C=O) groups is 4. The number of amides is 4. The molecule has 4 amide bonds. The largest absolute Gasteiger partial charge is 0.465 e. The molecule has 0 aliphatic carbocycles. The van der Waals surface area contributed by atoms with Gasteiger partial charge in [-0.05, 0) is 6.92 Å². The molecule has 1 heterocycles. The summed E-state index contributed by atoms with van der Waals surface area (Å²) in [5.74, 6) is 0. The molecule has 0 saturated carbocycles. The maximum atomic E-state index is 11.4. The summed E-state index contributed by atoms with van der Waals surface area (Å²) in [6, 6.07) is -0.720. The first-order chi connectivity index (χ1) is 11.6. The molecule has 4 N–H and O–H groups in total. The molecule has 0 aromatic carbocycles. The first kappa shape index (κ1) is 20.1. The predicted octanol–water partition coefficient (Wildman–Crippen LogP) is 0.309. The third-order valence-corrected chi connectivity index (χ3v) is 3.96. The molecule has 25 heavy (non-hydrogen) atoms. The molecule has 0 aromatic rings. The van der Waals surface area contributed by atoms with Gasteiger partial charge in [-0.1, -0.05) is 0 Å². The summed E-state index contributed by atoms with van der Waals surface area (Å²) in [7, 11) is 0. The van der Waals surface area contributed by atoms with Gasteiger partial charge in [0.05, 0.1) is 6.04 Å². The summed E-state index contributed by atoms with van der Waals surface area (Å²) >= 11 is 0. The Morgan fingerprint density at radius 2 is 1.00 bits per heavy atom. The molecule has 1 atom stereocenters. The maximum absolute atomic E-state index is 11.4. The molecule has 12 nitrogen and oxygen atoms in total. The Labute approximate surface area is 143 Å². The van der Waals surface area contributed by atoms with Crippen molar-refractivity contribution in [1.82, 2.24) is 19.6 Å². The van der Waals surface area contributed by atoms with Gasteiger partial charge in [0, 0.05) is 45.8 Å². The van der Waals surface area contributed by atoms with Crippen LogP contribution in [0.1, 0.15) is 6.92 Å². The molecular formula is C13H22N4O8. The third-order valence-electron chi connectivity index (χ3n) is 3.96. The summed E-state index contributed by atoms with van der Waals surface area (Å²) in [5.41, 5.74) is 0. The second-order valence-electron chi connectivity index (χ2n) is 5.59. The van der Waals surface area contributed by atoms with E-state index in [9.17, 15) is 34.5 Å². The van der Waals surface area contributed by atoms with E-state index in [0.717, 1.165) is 19.6 Å². The van der Waals surface area contributed by atoms with Crippen molar-refractivity contribution in [1.29, 1.82) is 0 Å². The van der Waals surface area contributed by atoms with E-state index in [-0.39, 0.29) is 45.8 Å². The average Bonchev–Trinajstić information content (AvgIpc) is 2.48. The zero-order chi connectivity index (χ0) is 19.1. The van der Waals surface area contributed by atoms with Crippen molar-refractivity contribution >= 4 is 24.4 Å². The topological polar surface area (TPSA) is 162 Å². The molecule has 0 spiro atoms. The molecule has 1 rings (SSSR count). The molecule has 1 fully saturated rings. The summed E-state index contributed by atoms with van der Waals surface area (Å²) < 4.78 is 0. The predicted molar refractivity (Wildman–Crippen MR) is 83.0 cm³/mol. The fourth-order valence-corrected chi connectivity index (χ4v) is 2.50. The summed E-state index contributed by atoms with van der Waals surface area (Å²) in [5, 5.41) is 36.9. The van der Waals surface area contributed by atoms with E-state index in [0.29, 0.717) is 0 Å². The standard InChI is InChI=1S/C13H22N4O8/c1-9-8-16(12(22)23)5-4-14(10(18)19)2-3-15(11(20)21)6-7-17(9)13(24)25/h9H,2-8H2,1H3,(H,18,19)(H,20,21)(H,22,23)(H,24,25). The molecule has 1 unspecified atom stereocenters. The zero-order valence-corrected chi connectivity index (χ0v) is 13.7. The van der Waals surface area contributed by atoms with Gasteiger partial charge in [0.2, 0.25) is 0 Å². The van der Waals surface area contributed by atoms with Crippen LogP contribution < -0.4 is 0 Å². The summed E-state index contributed by atoms with van der Waals surface area (Å²) in [6.07, 6.45) is -5.14. The van der Waals surface area contributed by atoms with Gasteiger partial charge in [0.15, 0.2) is 0 Å². The van der Waals surface area contributed by atoms with Gasteiger partial charge in [-0.15, -0.1) is 0 Å². The minimum absolute atomic E-state index is 0.141. The second kappa shape index (κ2) is 8.80. The Kier molecular flexibility index (Phi) is 7.08. The van der Waals surface area contributed by atoms with Gasteiger partial charge < -0.3 is 40.0 Å². The Morgan fingerprint density at radius 1 is 0.640 bits per heavy atom. The first-order valence-electron chi connectivity index (χ1n) is 7.56. The lowest BCUT2D eigenvalue weighted by Crippen LogP contribution is -2.52. The van der Waals surface area contributed by atoms with Gasteiger partial charge in [-0.25, -0.2) is 19.2 Å². The molecular weight excluding hydrogens is 340 g/mol. The number of rotatable bonds is 0. The van der Waals surface area contributed by atoms with Gasteiger partial charge >= 0.3 is 24.4 Å². The normalized spacial score (nSPS) is 20.4. The van der Waals surface area contributed by atoms with Crippen molar-refractivity contribution in [2.75, 3.05) is 45.8 Å². The van der Waals surface area contributed by atoms with Crippen molar-refractivity contribution in [2.24, 2.45) is 0 Å². The average molecular weight is 362 g/mol. The van der Waals surface area contributed by atoms with Gasteiger partial charge in [-0.3, -0.25) is 0 Å². The Morgan fingerprint density at radius 3 is 1.36 bits per heavy atom. The molecule has 1 aliphatic rings. The maximum Gasteiger partial charge on any atom is 0.407 e. The highest BCUT2D eigenvalue weighted by atomic mass is 16.4. The number of carboxylic acid groups (broad SMARTS) is 4. The lowest BCUT2D eigenvalue weighted by Gasteiger charge is -2.34. The van der Waals surface area contributed by atoms with Crippen LogP contribution >= 0.6 is 0 Å². The fourth-order valence-electron chi connectivity index (χ4n) is 2.50. The van der Waals surface area contributed by atoms with Crippen LogP contribution in [0.5, 0.6) is 0 Å². The highest BCUT2D eigenvalue weighted by molar-refractivity contribution is 5.68. The van der Waals surface area contributed by atoms with E-state index in [1.54, 1.807) is 0 Å². The Balaban J connectivity index is 3.03. The van der Waals surface area contributed by atoms with Crippen LogP contribution in [0, 0.1) is 0 Å². The van der Waals surface area contributed by atoms with E-state index in [4.69, 9.17) is 5.11 Å². The van der Waals surface area contributed by atoms with Crippen molar-refractivity contribution in [2.45, 2.75) is 13.0 Å². The van der Waals surface area contributed by atoms with Crippen LogP contribution in [0.25, 0.3) is 0 Å². The molecule has 142 valence electrons. The highest BCUT2D eigenvalue weighted by Gasteiger charge is 2.27. The van der Waals surface area contributed by atoms with Crippen LogP contribution in [0.2, 0.25) is 0 Å². The third kappa shape index (κ3) is 5.90. The quantitative estimate of drug-likeness (QED) is 0.478. The second-order valence-corrected chi connectivity index (χ2v) is 5.59. The van der Waals surface area contributed by atoms with Crippen LogP contribution in [0.4, 0.5) is 19.2 Å². The van der Waals surface area contributed by atoms with Gasteiger partial charge in [-0.2, -0.15) is 0 Å². The lowest BCUT2D eigenvalue weighted by atomic mass is 10.2. The Bertz CT molecular complexity index is 528. The van der Waals surface area contributed by atoms with Crippen LogP contribution in [-0.2, 0) is 0 Å². The lowest BCUT2D eigenvalue weighted by molar-refractivity contribution is 0.0799. The molecule has 0 bridgehead atoms. The van der Waals surface area contributed by atoms with E-state index in [1.807, 2.05) is 0 Å². The monoisotopic (exact) mass is 362 g/mol. The Hall–Kier alpha value is -2.92. The SMILES string of the molecule is CC1CN(C(=O)O)CCN(C(=O)O)CCN(C(=O)O)CCN1C(=O)O. The zero-order valence-electron chi connectivity index (χ0n) is 13.7. The van der Waals surface area contributed by atoms with Gasteiger partial charge in [0.25, 0.3) is 0 Å². The van der Waals surface area contributed by atoms with E-state index in [1.165, 1.54) is 6.92 Å². The van der Waals surface area contributed by atoms with E-state index < -0.39 is 30.4 Å². The first-order valence-corrected chi connectivity index (χ1v) is 7.56. The summed E-state index contributed by atoms with van der Waals surface area (Å²) in [6.45, 7) is 0.490. The van der Waals surface area contributed by atoms with Crippen molar-refractivity contribution in [3.63, 3.8) is 0 Å².